The summed E-state index contributed by atoms with van der Waals surface area (Å²) in [5.74, 6) is 0.686. The van der Waals surface area contributed by atoms with Gasteiger partial charge < -0.3 is 0 Å². The Balaban J connectivity index is 2.04. The molecular weight excluding hydrogens is 252 g/mol. The van der Waals surface area contributed by atoms with Crippen molar-refractivity contribution in [2.45, 2.75) is 18.3 Å². The van der Waals surface area contributed by atoms with E-state index in [0.29, 0.717) is 5.92 Å². The molecule has 0 nitrogen and oxygen atoms in total. The first-order valence-corrected chi connectivity index (χ1v) is 7.44. The Hall–Kier alpha value is -2.34. The van der Waals surface area contributed by atoms with Crippen LogP contribution >= 0.6 is 0 Å². The van der Waals surface area contributed by atoms with E-state index in [-0.39, 0.29) is 5.92 Å². The quantitative estimate of drug-likeness (QED) is 0.611. The normalized spacial score (nSPS) is 17.7. The van der Waals surface area contributed by atoms with Crippen molar-refractivity contribution < 1.29 is 0 Å². The molecule has 1 aliphatic rings. The van der Waals surface area contributed by atoms with Crippen molar-refractivity contribution in [3.8, 4) is 0 Å². The van der Waals surface area contributed by atoms with E-state index in [9.17, 15) is 0 Å². The zero-order chi connectivity index (χ0) is 14.7. The van der Waals surface area contributed by atoms with Gasteiger partial charge >= 0.3 is 0 Å². The van der Waals surface area contributed by atoms with Crippen molar-refractivity contribution in [2.75, 3.05) is 0 Å². The summed E-state index contributed by atoms with van der Waals surface area (Å²) in [6.45, 7) is 8.01. The highest BCUT2D eigenvalue weighted by atomic mass is 14.3. The number of rotatable bonds is 5. The minimum absolute atomic E-state index is 0.267. The lowest BCUT2D eigenvalue weighted by atomic mass is 9.82. The standard InChI is InChI=1S/C21H20/c1-3-10-20-19-14-9-8-13-17(19)15-21(20)18(4-2)16-11-6-5-7-12-16/h3-9,11-15,18,20H,1-2,10H2/t18-,20+/m1/s1. The Morgan fingerprint density at radius 2 is 1.67 bits per heavy atom. The van der Waals surface area contributed by atoms with Gasteiger partial charge in [0.05, 0.1) is 0 Å². The van der Waals surface area contributed by atoms with Gasteiger partial charge in [0, 0.05) is 11.8 Å². The molecule has 0 saturated carbocycles. The molecule has 0 unspecified atom stereocenters. The summed E-state index contributed by atoms with van der Waals surface area (Å²) in [5.41, 5.74) is 5.48. The molecule has 0 amide bonds. The predicted octanol–water partition coefficient (Wildman–Crippen LogP) is 5.71. The van der Waals surface area contributed by atoms with Crippen LogP contribution < -0.4 is 0 Å². The van der Waals surface area contributed by atoms with E-state index in [0.717, 1.165) is 6.42 Å². The van der Waals surface area contributed by atoms with Gasteiger partial charge in [-0.25, -0.2) is 0 Å². The molecule has 2 aromatic carbocycles. The summed E-state index contributed by atoms with van der Waals surface area (Å²) in [5, 5.41) is 0. The molecule has 0 N–H and O–H groups in total. The van der Waals surface area contributed by atoms with E-state index in [1.165, 1.54) is 22.3 Å². The van der Waals surface area contributed by atoms with Gasteiger partial charge in [-0.1, -0.05) is 78.4 Å². The van der Waals surface area contributed by atoms with Crippen molar-refractivity contribution >= 4 is 6.08 Å². The predicted molar refractivity (Wildman–Crippen MR) is 91.4 cm³/mol. The van der Waals surface area contributed by atoms with Gasteiger partial charge in [0.2, 0.25) is 0 Å². The highest BCUT2D eigenvalue weighted by Gasteiger charge is 2.28. The van der Waals surface area contributed by atoms with Gasteiger partial charge in [-0.3, -0.25) is 0 Å². The first-order valence-electron chi connectivity index (χ1n) is 7.44. The largest absolute Gasteiger partial charge is 0.103 e. The van der Waals surface area contributed by atoms with Crippen molar-refractivity contribution in [3.63, 3.8) is 0 Å². The van der Waals surface area contributed by atoms with E-state index >= 15 is 0 Å². The summed E-state index contributed by atoms with van der Waals surface area (Å²) in [6.07, 6.45) is 7.39. The minimum Gasteiger partial charge on any atom is -0.103 e. The minimum atomic E-state index is 0.267. The average Bonchev–Trinajstić information content (AvgIpc) is 2.89. The van der Waals surface area contributed by atoms with Crippen LogP contribution in [0.1, 0.15) is 34.9 Å². The van der Waals surface area contributed by atoms with Gasteiger partial charge in [0.1, 0.15) is 0 Å². The third-order valence-electron chi connectivity index (χ3n) is 4.25. The Bertz CT molecular complexity index is 676. The summed E-state index contributed by atoms with van der Waals surface area (Å²) in [7, 11) is 0. The zero-order valence-corrected chi connectivity index (χ0v) is 12.2. The van der Waals surface area contributed by atoms with Crippen LogP contribution in [0.3, 0.4) is 0 Å². The summed E-state index contributed by atoms with van der Waals surface area (Å²) < 4.78 is 0. The number of benzene rings is 2. The molecule has 0 heteroatoms. The second-order valence-electron chi connectivity index (χ2n) is 5.47. The monoisotopic (exact) mass is 272 g/mol. The van der Waals surface area contributed by atoms with Crippen molar-refractivity contribution in [1.29, 1.82) is 0 Å². The first kappa shape index (κ1) is 13.6. The maximum atomic E-state index is 4.07. The molecule has 0 aliphatic heterocycles. The van der Waals surface area contributed by atoms with Crippen molar-refractivity contribution in [3.05, 3.63) is 102 Å². The van der Waals surface area contributed by atoms with E-state index in [2.05, 4.69) is 79.9 Å². The van der Waals surface area contributed by atoms with E-state index in [1.54, 1.807) is 0 Å². The molecule has 0 spiro atoms. The van der Waals surface area contributed by atoms with Gasteiger partial charge in [0.25, 0.3) is 0 Å². The molecule has 2 aromatic rings. The van der Waals surface area contributed by atoms with E-state index < -0.39 is 0 Å². The van der Waals surface area contributed by atoms with Crippen LogP contribution in [0.25, 0.3) is 6.08 Å². The molecule has 0 aromatic heterocycles. The van der Waals surface area contributed by atoms with Gasteiger partial charge in [-0.2, -0.15) is 0 Å². The Kier molecular flexibility index (Phi) is 3.87. The van der Waals surface area contributed by atoms with Crippen LogP contribution in [0.4, 0.5) is 0 Å². The van der Waals surface area contributed by atoms with Crippen LogP contribution in [0, 0.1) is 0 Å². The lowest BCUT2D eigenvalue weighted by Gasteiger charge is -2.22. The maximum absolute atomic E-state index is 4.07. The summed E-state index contributed by atoms with van der Waals surface area (Å²) in [6, 6.07) is 19.3. The molecule has 2 atom stereocenters. The lowest BCUT2D eigenvalue weighted by Crippen LogP contribution is -2.06. The van der Waals surface area contributed by atoms with Crippen LogP contribution in [-0.2, 0) is 0 Å². The second-order valence-corrected chi connectivity index (χ2v) is 5.47. The molecule has 0 heterocycles. The molecule has 0 radical (unpaired) electrons. The third-order valence-corrected chi connectivity index (χ3v) is 4.25. The topological polar surface area (TPSA) is 0 Å². The van der Waals surface area contributed by atoms with Crippen LogP contribution in [0.2, 0.25) is 0 Å². The maximum Gasteiger partial charge on any atom is 0.0235 e. The van der Waals surface area contributed by atoms with E-state index in [1.807, 2.05) is 6.08 Å². The van der Waals surface area contributed by atoms with Gasteiger partial charge in [-0.15, -0.1) is 13.2 Å². The molecule has 21 heavy (non-hydrogen) atoms. The Morgan fingerprint density at radius 3 is 2.38 bits per heavy atom. The number of hydrogen-bond donors (Lipinski definition) is 0. The first-order chi connectivity index (χ1) is 10.3. The van der Waals surface area contributed by atoms with Gasteiger partial charge in [0.15, 0.2) is 0 Å². The number of allylic oxidation sites excluding steroid dienone is 3. The van der Waals surface area contributed by atoms with E-state index in [4.69, 9.17) is 0 Å². The average molecular weight is 272 g/mol. The van der Waals surface area contributed by atoms with Crippen LogP contribution in [-0.4, -0.2) is 0 Å². The smallest absolute Gasteiger partial charge is 0.0235 e. The Labute approximate surface area is 127 Å². The fourth-order valence-electron chi connectivity index (χ4n) is 3.28. The summed E-state index contributed by atoms with van der Waals surface area (Å²) >= 11 is 0. The molecule has 0 fully saturated rings. The van der Waals surface area contributed by atoms with Gasteiger partial charge in [-0.05, 0) is 23.1 Å². The zero-order valence-electron chi connectivity index (χ0n) is 12.2. The Morgan fingerprint density at radius 1 is 0.952 bits per heavy atom. The fraction of sp³-hybridized carbons (Fsp3) is 0.143. The molecular formula is C21H20. The van der Waals surface area contributed by atoms with Crippen LogP contribution in [0.15, 0.2) is 85.5 Å². The highest BCUT2D eigenvalue weighted by Crippen LogP contribution is 2.45. The lowest BCUT2D eigenvalue weighted by molar-refractivity contribution is 0.768. The molecule has 1 aliphatic carbocycles. The van der Waals surface area contributed by atoms with Crippen LogP contribution in [0.5, 0.6) is 0 Å². The molecule has 0 saturated heterocycles. The molecule has 104 valence electrons. The fourth-order valence-corrected chi connectivity index (χ4v) is 3.28. The van der Waals surface area contributed by atoms with Crippen molar-refractivity contribution in [2.24, 2.45) is 0 Å². The van der Waals surface area contributed by atoms with Crippen molar-refractivity contribution in [1.82, 2.24) is 0 Å². The number of hydrogen-bond acceptors (Lipinski definition) is 0. The molecule has 0 bridgehead atoms. The SMILES string of the molecule is C=CC[C@@H]1C([C@H](C=C)c2ccccc2)=Cc2ccccc21. The number of fused-ring (bicyclic) bond motifs is 1. The molecule has 3 rings (SSSR count). The summed E-state index contributed by atoms with van der Waals surface area (Å²) in [4.78, 5) is 0. The highest BCUT2D eigenvalue weighted by molar-refractivity contribution is 5.69. The second kappa shape index (κ2) is 5.97. The third kappa shape index (κ3) is 2.50.